The summed E-state index contributed by atoms with van der Waals surface area (Å²) in [6.07, 6.45) is -1.87. The molecule has 2 atom stereocenters. The van der Waals surface area contributed by atoms with Crippen LogP contribution in [-0.4, -0.2) is 61.3 Å². The first-order valence-electron chi connectivity index (χ1n) is 13.5. The number of carbonyl (C=O) groups is 1. The average molecular weight is 642 g/mol. The van der Waals surface area contributed by atoms with Crippen molar-refractivity contribution in [3.63, 3.8) is 0 Å². The standard InChI is InChI=1S/C30H24ClF4N7O3/c1-29(16-6-7-18(31)21(43)12-16)23-25(37-13-22(45-2)30(33,34)35)39-24(40-26(23)41-28(29)44)20-14-42-9-8-36-27(42)19(38-20)11-15-4-3-5-17(32)10-15/h3-10,12,14,22,43H,11,13H2,1-2H3,(H2,37,39,40,41,44). The van der Waals surface area contributed by atoms with Gasteiger partial charge in [0.1, 0.15) is 34.3 Å². The molecule has 3 aromatic heterocycles. The second-order valence-corrected chi connectivity index (χ2v) is 11.0. The largest absolute Gasteiger partial charge is 0.506 e. The molecule has 5 aromatic rings. The van der Waals surface area contributed by atoms with E-state index in [0.29, 0.717) is 22.5 Å². The van der Waals surface area contributed by atoms with Gasteiger partial charge >= 0.3 is 6.18 Å². The Balaban J connectivity index is 1.50. The third-order valence-corrected chi connectivity index (χ3v) is 7.98. The van der Waals surface area contributed by atoms with Gasteiger partial charge in [0.25, 0.3) is 0 Å². The van der Waals surface area contributed by atoms with Crippen molar-refractivity contribution < 1.29 is 32.2 Å². The van der Waals surface area contributed by atoms with Gasteiger partial charge in [-0.2, -0.15) is 13.2 Å². The van der Waals surface area contributed by atoms with Crippen LogP contribution in [0.2, 0.25) is 5.02 Å². The molecule has 0 bridgehead atoms. The number of nitrogens with one attached hydrogen (secondary N) is 2. The number of ether oxygens (including phenoxy) is 1. The third-order valence-electron chi connectivity index (χ3n) is 7.66. The Morgan fingerprint density at radius 2 is 1.98 bits per heavy atom. The number of phenols is 1. The average Bonchev–Trinajstić information content (AvgIpc) is 3.56. The summed E-state index contributed by atoms with van der Waals surface area (Å²) >= 11 is 6.00. The maximum absolute atomic E-state index is 13.9. The summed E-state index contributed by atoms with van der Waals surface area (Å²) < 4.78 is 61.1. The summed E-state index contributed by atoms with van der Waals surface area (Å²) in [5.41, 5.74) is 0.720. The normalized spacial score (nSPS) is 16.9. The molecule has 1 aliphatic heterocycles. The number of nitrogens with zero attached hydrogens (tertiary/aromatic N) is 5. The first-order valence-corrected chi connectivity index (χ1v) is 13.9. The molecule has 45 heavy (non-hydrogen) atoms. The minimum atomic E-state index is -4.69. The zero-order valence-electron chi connectivity index (χ0n) is 23.7. The minimum absolute atomic E-state index is 0.0168. The summed E-state index contributed by atoms with van der Waals surface area (Å²) in [6.45, 7) is 0.799. The number of alkyl halides is 3. The second kappa shape index (κ2) is 11.3. The molecule has 232 valence electrons. The van der Waals surface area contributed by atoms with Crippen molar-refractivity contribution >= 4 is 34.8 Å². The number of aromatic nitrogens is 5. The van der Waals surface area contributed by atoms with E-state index in [9.17, 15) is 27.5 Å². The molecular weight excluding hydrogens is 618 g/mol. The highest BCUT2D eigenvalue weighted by Crippen LogP contribution is 2.47. The topological polar surface area (TPSA) is 127 Å². The van der Waals surface area contributed by atoms with Gasteiger partial charge in [-0.3, -0.25) is 4.79 Å². The summed E-state index contributed by atoms with van der Waals surface area (Å²) in [6, 6.07) is 10.2. The molecule has 0 aliphatic carbocycles. The van der Waals surface area contributed by atoms with Crippen LogP contribution < -0.4 is 10.6 Å². The van der Waals surface area contributed by atoms with Crippen molar-refractivity contribution in [1.82, 2.24) is 24.3 Å². The van der Waals surface area contributed by atoms with Gasteiger partial charge in [-0.15, -0.1) is 0 Å². The van der Waals surface area contributed by atoms with Gasteiger partial charge in [0.15, 0.2) is 17.6 Å². The number of carbonyl (C=O) groups excluding carboxylic acids is 1. The lowest BCUT2D eigenvalue weighted by Gasteiger charge is -2.26. The Labute approximate surface area is 258 Å². The number of benzene rings is 2. The fourth-order valence-electron chi connectivity index (χ4n) is 5.30. The van der Waals surface area contributed by atoms with E-state index in [-0.39, 0.29) is 45.9 Å². The van der Waals surface area contributed by atoms with Gasteiger partial charge in [-0.05, 0) is 42.3 Å². The lowest BCUT2D eigenvalue weighted by molar-refractivity contribution is -0.207. The maximum atomic E-state index is 13.9. The lowest BCUT2D eigenvalue weighted by atomic mass is 9.77. The molecule has 1 amide bonds. The maximum Gasteiger partial charge on any atom is 0.416 e. The molecule has 15 heteroatoms. The highest BCUT2D eigenvalue weighted by molar-refractivity contribution is 6.32. The monoisotopic (exact) mass is 641 g/mol. The van der Waals surface area contributed by atoms with Crippen LogP contribution in [0.5, 0.6) is 5.75 Å². The molecule has 0 saturated carbocycles. The molecular formula is C30H24ClF4N7O3. The van der Waals surface area contributed by atoms with Crippen molar-refractivity contribution in [2.45, 2.75) is 31.0 Å². The van der Waals surface area contributed by atoms with E-state index in [1.807, 2.05) is 0 Å². The highest BCUT2D eigenvalue weighted by atomic mass is 35.5. The Bertz CT molecular complexity index is 1950. The molecule has 10 nitrogen and oxygen atoms in total. The van der Waals surface area contributed by atoms with Crippen molar-refractivity contribution in [2.24, 2.45) is 0 Å². The predicted molar refractivity (Wildman–Crippen MR) is 157 cm³/mol. The first-order chi connectivity index (χ1) is 21.4. The van der Waals surface area contributed by atoms with Crippen LogP contribution in [0.4, 0.5) is 29.2 Å². The number of halogens is 5. The van der Waals surface area contributed by atoms with Crippen molar-refractivity contribution in [3.05, 3.63) is 94.3 Å². The van der Waals surface area contributed by atoms with E-state index >= 15 is 0 Å². The third kappa shape index (κ3) is 5.51. The van der Waals surface area contributed by atoms with E-state index < -0.39 is 36.0 Å². The van der Waals surface area contributed by atoms with Crippen molar-refractivity contribution in [2.75, 3.05) is 24.3 Å². The Hall–Kier alpha value is -4.82. The number of imidazole rings is 1. The number of aromatic hydroxyl groups is 1. The van der Waals surface area contributed by atoms with Gasteiger partial charge in [0, 0.05) is 32.1 Å². The van der Waals surface area contributed by atoms with Crippen LogP contribution in [0, 0.1) is 5.82 Å². The number of phenolic OH excluding ortho intramolecular Hbond substituents is 1. The fourth-order valence-corrected chi connectivity index (χ4v) is 5.42. The van der Waals surface area contributed by atoms with Gasteiger partial charge in [-0.25, -0.2) is 24.3 Å². The van der Waals surface area contributed by atoms with Crippen LogP contribution in [-0.2, 0) is 21.4 Å². The highest BCUT2D eigenvalue weighted by Gasteiger charge is 2.49. The Kier molecular flexibility index (Phi) is 7.57. The number of fused-ring (bicyclic) bond motifs is 2. The number of methoxy groups -OCH3 is 1. The van der Waals surface area contributed by atoms with Gasteiger partial charge in [0.05, 0.1) is 22.8 Å². The van der Waals surface area contributed by atoms with Crippen LogP contribution >= 0.6 is 11.6 Å². The zero-order chi connectivity index (χ0) is 32.1. The number of hydrogen-bond donors (Lipinski definition) is 3. The summed E-state index contributed by atoms with van der Waals surface area (Å²) in [7, 11) is 0.936. The second-order valence-electron chi connectivity index (χ2n) is 10.5. The summed E-state index contributed by atoms with van der Waals surface area (Å²) in [5, 5.41) is 15.8. The van der Waals surface area contributed by atoms with Gasteiger partial charge in [0.2, 0.25) is 5.91 Å². The Morgan fingerprint density at radius 1 is 1.18 bits per heavy atom. The van der Waals surface area contributed by atoms with Gasteiger partial charge < -0.3 is 24.9 Å². The van der Waals surface area contributed by atoms with E-state index in [1.165, 1.54) is 37.3 Å². The molecule has 0 saturated heterocycles. The smallest absolute Gasteiger partial charge is 0.416 e. The summed E-state index contributed by atoms with van der Waals surface area (Å²) in [4.78, 5) is 31.7. The molecule has 0 fully saturated rings. The number of amides is 1. The number of rotatable bonds is 8. The predicted octanol–water partition coefficient (Wildman–Crippen LogP) is 5.52. The quantitative estimate of drug-likeness (QED) is 0.189. The van der Waals surface area contributed by atoms with E-state index in [2.05, 4.69) is 30.3 Å². The van der Waals surface area contributed by atoms with Crippen LogP contribution in [0.25, 0.3) is 17.2 Å². The zero-order valence-corrected chi connectivity index (χ0v) is 24.4. The fraction of sp³-hybridized carbons (Fsp3) is 0.233. The lowest BCUT2D eigenvalue weighted by Crippen LogP contribution is -2.38. The van der Waals surface area contributed by atoms with Gasteiger partial charge in [-0.1, -0.05) is 29.8 Å². The molecule has 2 aromatic carbocycles. The molecule has 4 heterocycles. The van der Waals surface area contributed by atoms with Crippen molar-refractivity contribution in [3.8, 4) is 17.3 Å². The molecule has 6 rings (SSSR count). The summed E-state index contributed by atoms with van der Waals surface area (Å²) in [5.74, 6) is -1.33. The number of anilines is 2. The molecule has 2 unspecified atom stereocenters. The number of hydrogen-bond acceptors (Lipinski definition) is 8. The van der Waals surface area contributed by atoms with E-state index in [4.69, 9.17) is 16.6 Å². The molecule has 0 spiro atoms. The Morgan fingerprint density at radius 3 is 2.69 bits per heavy atom. The minimum Gasteiger partial charge on any atom is -0.506 e. The molecule has 3 N–H and O–H groups in total. The molecule has 1 aliphatic rings. The molecule has 0 radical (unpaired) electrons. The van der Waals surface area contributed by atoms with Crippen LogP contribution in [0.15, 0.2) is 61.1 Å². The van der Waals surface area contributed by atoms with E-state index in [0.717, 1.165) is 7.11 Å². The van der Waals surface area contributed by atoms with Crippen LogP contribution in [0.3, 0.4) is 0 Å². The first kappa shape index (κ1) is 30.2. The SMILES string of the molecule is COC(CNc1nc(-c2cn3ccnc3c(Cc3cccc(F)c3)n2)nc2c1C(C)(c1ccc(Cl)c(O)c1)C(=O)N2)C(F)(F)F. The van der Waals surface area contributed by atoms with Crippen LogP contribution in [0.1, 0.15) is 29.3 Å². The van der Waals surface area contributed by atoms with Crippen molar-refractivity contribution in [1.29, 1.82) is 0 Å². The van der Waals surface area contributed by atoms with E-state index in [1.54, 1.807) is 35.1 Å².